The lowest BCUT2D eigenvalue weighted by Crippen LogP contribution is -2.50. The summed E-state index contributed by atoms with van der Waals surface area (Å²) in [5, 5.41) is 2.57. The van der Waals surface area contributed by atoms with E-state index in [4.69, 9.17) is 16.3 Å². The topological polar surface area (TPSA) is 58.6 Å². The maximum Gasteiger partial charge on any atom is 0.255 e. The summed E-state index contributed by atoms with van der Waals surface area (Å²) in [6.45, 7) is 0.0720. The van der Waals surface area contributed by atoms with Crippen LogP contribution in [0.15, 0.2) is 42.5 Å². The summed E-state index contributed by atoms with van der Waals surface area (Å²) in [4.78, 5) is 25.7. The van der Waals surface area contributed by atoms with Crippen LogP contribution in [0.25, 0.3) is 0 Å². The lowest BCUT2D eigenvalue weighted by Gasteiger charge is -2.32. The van der Waals surface area contributed by atoms with Crippen molar-refractivity contribution in [3.05, 3.63) is 64.7 Å². The number of hydrogen-bond donors (Lipinski definition) is 1. The highest BCUT2D eigenvalue weighted by Crippen LogP contribution is 2.20. The number of carbonyl (C=O) groups is 2. The number of hydrogen-bond acceptors (Lipinski definition) is 3. The zero-order valence-electron chi connectivity index (χ0n) is 13.5. The molecule has 136 valence electrons. The van der Waals surface area contributed by atoms with Crippen molar-refractivity contribution in [3.8, 4) is 0 Å². The molecule has 0 spiro atoms. The first-order valence-electron chi connectivity index (χ1n) is 7.85. The number of carbonyl (C=O) groups excluding carboxylic acids is 2. The number of ether oxygens (including phenoxy) is 1. The molecule has 3 rings (SSSR count). The molecule has 1 fully saturated rings. The summed E-state index contributed by atoms with van der Waals surface area (Å²) in [6.07, 6.45) is -0.493. The van der Waals surface area contributed by atoms with E-state index in [1.165, 1.54) is 41.3 Å². The molecule has 0 saturated carbocycles. The van der Waals surface area contributed by atoms with Crippen molar-refractivity contribution in [2.45, 2.75) is 6.10 Å². The highest BCUT2D eigenvalue weighted by atomic mass is 35.5. The second-order valence-corrected chi connectivity index (χ2v) is 6.13. The number of halogens is 3. The van der Waals surface area contributed by atoms with Crippen molar-refractivity contribution in [1.29, 1.82) is 0 Å². The molecule has 0 bridgehead atoms. The minimum atomic E-state index is -0.720. The van der Waals surface area contributed by atoms with Crippen molar-refractivity contribution >= 4 is 29.1 Å². The smallest absolute Gasteiger partial charge is 0.255 e. The predicted octanol–water partition coefficient (Wildman–Crippen LogP) is 2.78. The molecule has 2 amide bonds. The van der Waals surface area contributed by atoms with Crippen molar-refractivity contribution in [2.75, 3.05) is 24.6 Å². The van der Waals surface area contributed by atoms with Gasteiger partial charge in [0.1, 0.15) is 18.2 Å². The van der Waals surface area contributed by atoms with Crippen molar-refractivity contribution in [2.24, 2.45) is 0 Å². The van der Waals surface area contributed by atoms with E-state index < -0.39 is 23.6 Å². The van der Waals surface area contributed by atoms with E-state index in [9.17, 15) is 18.4 Å². The second-order valence-electron chi connectivity index (χ2n) is 5.72. The summed E-state index contributed by atoms with van der Waals surface area (Å²) >= 11 is 5.87. The average molecular weight is 381 g/mol. The number of benzene rings is 2. The Balaban J connectivity index is 1.64. The van der Waals surface area contributed by atoms with Gasteiger partial charge in [0.2, 0.25) is 0 Å². The Kier molecular flexibility index (Phi) is 5.49. The Morgan fingerprint density at radius 3 is 2.65 bits per heavy atom. The molecule has 1 N–H and O–H groups in total. The number of nitrogens with one attached hydrogen (secondary N) is 1. The number of anilines is 1. The molecule has 0 aliphatic carbocycles. The highest BCUT2D eigenvalue weighted by molar-refractivity contribution is 6.33. The first kappa shape index (κ1) is 18.3. The summed E-state index contributed by atoms with van der Waals surface area (Å²) in [5.41, 5.74) is 0.296. The summed E-state index contributed by atoms with van der Waals surface area (Å²) in [6, 6.07) is 9.48. The van der Waals surface area contributed by atoms with Gasteiger partial charge in [-0.25, -0.2) is 8.78 Å². The van der Waals surface area contributed by atoms with Crippen LogP contribution < -0.4 is 10.2 Å². The van der Waals surface area contributed by atoms with Gasteiger partial charge < -0.3 is 15.0 Å². The van der Waals surface area contributed by atoms with Gasteiger partial charge in [-0.1, -0.05) is 17.7 Å². The lowest BCUT2D eigenvalue weighted by atomic mass is 10.2. The monoisotopic (exact) mass is 380 g/mol. The van der Waals surface area contributed by atoms with E-state index in [0.717, 1.165) is 6.07 Å². The van der Waals surface area contributed by atoms with Gasteiger partial charge >= 0.3 is 0 Å². The predicted molar refractivity (Wildman–Crippen MR) is 92.2 cm³/mol. The summed E-state index contributed by atoms with van der Waals surface area (Å²) in [5.74, 6) is -2.05. The molecule has 2 aromatic rings. The van der Waals surface area contributed by atoms with Gasteiger partial charge in [-0.3, -0.25) is 9.59 Å². The average Bonchev–Trinajstić information content (AvgIpc) is 2.62. The standard InChI is InChI=1S/C18H15ClF2N2O3/c19-14-2-1-3-15(21)17(14)18(25)22-8-13-9-23(16(24)10-26-13)12-6-4-11(20)5-7-12/h1-7,13H,8-10H2,(H,22,25). The Hall–Kier alpha value is -2.51. The van der Waals surface area contributed by atoms with Crippen LogP contribution in [0.5, 0.6) is 0 Å². The van der Waals surface area contributed by atoms with Crippen LogP contribution in [0, 0.1) is 11.6 Å². The first-order chi connectivity index (χ1) is 12.5. The Labute approximate surface area is 153 Å². The lowest BCUT2D eigenvalue weighted by molar-refractivity contribution is -0.129. The third-order valence-electron chi connectivity index (χ3n) is 3.95. The molecule has 8 heteroatoms. The summed E-state index contributed by atoms with van der Waals surface area (Å²) < 4.78 is 32.2. The highest BCUT2D eigenvalue weighted by Gasteiger charge is 2.28. The van der Waals surface area contributed by atoms with Crippen LogP contribution in [0.1, 0.15) is 10.4 Å². The van der Waals surface area contributed by atoms with Crippen LogP contribution in [0.4, 0.5) is 14.5 Å². The fraction of sp³-hybridized carbons (Fsp3) is 0.222. The maximum atomic E-state index is 13.8. The minimum Gasteiger partial charge on any atom is -0.365 e. The first-order valence-corrected chi connectivity index (χ1v) is 8.23. The normalized spacial score (nSPS) is 17.3. The number of amides is 2. The molecule has 1 aliphatic heterocycles. The van der Waals surface area contributed by atoms with Gasteiger partial charge in [0.15, 0.2) is 0 Å². The number of nitrogens with zero attached hydrogens (tertiary/aromatic N) is 1. The summed E-state index contributed by atoms with van der Waals surface area (Å²) in [7, 11) is 0. The van der Waals surface area contributed by atoms with Crippen LogP contribution in [0.3, 0.4) is 0 Å². The number of rotatable bonds is 4. The van der Waals surface area contributed by atoms with Crippen LogP contribution >= 0.6 is 11.6 Å². The van der Waals surface area contributed by atoms with Gasteiger partial charge in [0, 0.05) is 12.2 Å². The molecule has 1 aliphatic rings. The van der Waals surface area contributed by atoms with Crippen molar-refractivity contribution < 1.29 is 23.1 Å². The zero-order valence-corrected chi connectivity index (χ0v) is 14.3. The third-order valence-corrected chi connectivity index (χ3v) is 4.26. The van der Waals surface area contributed by atoms with Gasteiger partial charge in [-0.05, 0) is 36.4 Å². The van der Waals surface area contributed by atoms with Crippen LogP contribution in [-0.4, -0.2) is 37.6 Å². The van der Waals surface area contributed by atoms with Crippen LogP contribution in [0.2, 0.25) is 5.02 Å². The molecule has 1 unspecified atom stereocenters. The molecule has 0 radical (unpaired) electrons. The van der Waals surface area contributed by atoms with E-state index in [0.29, 0.717) is 5.69 Å². The molecule has 26 heavy (non-hydrogen) atoms. The molecule has 1 atom stereocenters. The molecular weight excluding hydrogens is 366 g/mol. The molecular formula is C18H15ClF2N2O3. The fourth-order valence-electron chi connectivity index (χ4n) is 2.63. The second kappa shape index (κ2) is 7.80. The fourth-order valence-corrected chi connectivity index (χ4v) is 2.88. The van der Waals surface area contributed by atoms with Crippen molar-refractivity contribution in [3.63, 3.8) is 0 Å². The van der Waals surface area contributed by atoms with Gasteiger partial charge in [0.05, 0.1) is 23.2 Å². The van der Waals surface area contributed by atoms with E-state index >= 15 is 0 Å². The van der Waals surface area contributed by atoms with Gasteiger partial charge in [-0.15, -0.1) is 0 Å². The SMILES string of the molecule is O=C(NCC1CN(c2ccc(F)cc2)C(=O)CO1)c1c(F)cccc1Cl. The van der Waals surface area contributed by atoms with Gasteiger partial charge in [0.25, 0.3) is 11.8 Å². The maximum absolute atomic E-state index is 13.8. The van der Waals surface area contributed by atoms with E-state index in [-0.39, 0.29) is 36.2 Å². The molecule has 1 saturated heterocycles. The van der Waals surface area contributed by atoms with E-state index in [1.54, 1.807) is 0 Å². The largest absolute Gasteiger partial charge is 0.365 e. The van der Waals surface area contributed by atoms with Crippen LogP contribution in [-0.2, 0) is 9.53 Å². The quantitative estimate of drug-likeness (QED) is 0.887. The van der Waals surface area contributed by atoms with E-state index in [1.807, 2.05) is 0 Å². The van der Waals surface area contributed by atoms with E-state index in [2.05, 4.69) is 5.32 Å². The Morgan fingerprint density at radius 2 is 1.96 bits per heavy atom. The Morgan fingerprint density at radius 1 is 1.23 bits per heavy atom. The molecule has 1 heterocycles. The molecule has 5 nitrogen and oxygen atoms in total. The molecule has 0 aromatic heterocycles. The molecule has 2 aromatic carbocycles. The van der Waals surface area contributed by atoms with Crippen molar-refractivity contribution in [1.82, 2.24) is 5.32 Å². The Bertz CT molecular complexity index is 809. The zero-order chi connectivity index (χ0) is 18.7. The van der Waals surface area contributed by atoms with Gasteiger partial charge in [-0.2, -0.15) is 0 Å². The minimum absolute atomic E-state index is 0.00943. The number of morpholine rings is 1. The third kappa shape index (κ3) is 4.00.